The van der Waals surface area contributed by atoms with Crippen LogP contribution in [0, 0.1) is 10.1 Å². The molecule has 2 heterocycles. The lowest BCUT2D eigenvalue weighted by atomic mass is 9.95. The molecular weight excluding hydrogens is 434 g/mol. The normalized spacial score (nSPS) is 18.3. The molecule has 0 saturated heterocycles. The molecule has 0 N–H and O–H groups in total. The molecule has 5 rings (SSSR count). The van der Waals surface area contributed by atoms with Crippen molar-refractivity contribution in [1.29, 1.82) is 0 Å². The van der Waals surface area contributed by atoms with Gasteiger partial charge in [0.15, 0.2) is 11.5 Å². The van der Waals surface area contributed by atoms with E-state index in [1.54, 1.807) is 19.3 Å². The zero-order valence-electron chi connectivity index (χ0n) is 18.6. The lowest BCUT2D eigenvalue weighted by molar-refractivity contribution is -0.385. The first-order valence-electron chi connectivity index (χ1n) is 10.9. The quantitative estimate of drug-likeness (QED) is 0.268. The highest BCUT2D eigenvalue weighted by molar-refractivity contribution is 6.02. The standard InChI is InChI=1S/C26H23N3O5/c1-3-14-33-20-12-10-17(11-13-20)22-16-23-21-8-5-9-24(32-2)25(21)34-26(28(23)27-22)18-6-4-7-19(15-18)29(30)31/h3-13,15,23,26H,1,14,16H2,2H3. The topological polar surface area (TPSA) is 86.4 Å². The summed E-state index contributed by atoms with van der Waals surface area (Å²) in [6.07, 6.45) is 1.72. The Morgan fingerprint density at radius 3 is 2.74 bits per heavy atom. The maximum atomic E-state index is 11.4. The molecule has 172 valence electrons. The van der Waals surface area contributed by atoms with Crippen molar-refractivity contribution in [2.45, 2.75) is 18.7 Å². The molecule has 8 heteroatoms. The van der Waals surface area contributed by atoms with Crippen LogP contribution in [-0.2, 0) is 0 Å². The predicted octanol–water partition coefficient (Wildman–Crippen LogP) is 5.41. The largest absolute Gasteiger partial charge is 0.493 e. The third-order valence-corrected chi connectivity index (χ3v) is 5.92. The second-order valence-corrected chi connectivity index (χ2v) is 7.97. The van der Waals surface area contributed by atoms with Gasteiger partial charge in [0.25, 0.3) is 5.69 Å². The van der Waals surface area contributed by atoms with Gasteiger partial charge in [0.2, 0.25) is 6.23 Å². The number of rotatable bonds is 7. The maximum absolute atomic E-state index is 11.4. The molecule has 2 aliphatic rings. The van der Waals surface area contributed by atoms with Gasteiger partial charge < -0.3 is 14.2 Å². The average molecular weight is 457 g/mol. The van der Waals surface area contributed by atoms with E-state index in [1.165, 1.54) is 12.1 Å². The van der Waals surface area contributed by atoms with Gasteiger partial charge in [-0.15, -0.1) is 0 Å². The van der Waals surface area contributed by atoms with E-state index in [-0.39, 0.29) is 11.7 Å². The zero-order chi connectivity index (χ0) is 23.7. The predicted molar refractivity (Wildman–Crippen MR) is 127 cm³/mol. The van der Waals surface area contributed by atoms with Gasteiger partial charge in [-0.1, -0.05) is 36.9 Å². The molecule has 3 aromatic rings. The number of fused-ring (bicyclic) bond motifs is 3. The summed E-state index contributed by atoms with van der Waals surface area (Å²) in [5, 5.41) is 18.2. The number of nitro benzene ring substituents is 1. The number of ether oxygens (including phenoxy) is 3. The number of benzene rings is 3. The molecule has 0 amide bonds. The summed E-state index contributed by atoms with van der Waals surface area (Å²) in [4.78, 5) is 11.0. The van der Waals surface area contributed by atoms with Gasteiger partial charge in [-0.2, -0.15) is 5.10 Å². The molecule has 34 heavy (non-hydrogen) atoms. The molecule has 0 fully saturated rings. The maximum Gasteiger partial charge on any atom is 0.269 e. The van der Waals surface area contributed by atoms with Crippen LogP contribution in [0.25, 0.3) is 0 Å². The first-order valence-corrected chi connectivity index (χ1v) is 10.9. The number of nitrogens with zero attached hydrogens (tertiary/aromatic N) is 3. The minimum Gasteiger partial charge on any atom is -0.493 e. The Morgan fingerprint density at radius 2 is 2.00 bits per heavy atom. The number of hydrogen-bond donors (Lipinski definition) is 0. The van der Waals surface area contributed by atoms with E-state index in [4.69, 9.17) is 19.3 Å². The molecule has 2 aliphatic heterocycles. The third-order valence-electron chi connectivity index (χ3n) is 5.92. The van der Waals surface area contributed by atoms with Gasteiger partial charge in [0, 0.05) is 29.7 Å². The van der Waals surface area contributed by atoms with E-state index in [9.17, 15) is 10.1 Å². The first-order chi connectivity index (χ1) is 16.6. The molecule has 2 atom stereocenters. The molecular formula is C26H23N3O5. The van der Waals surface area contributed by atoms with E-state index in [1.807, 2.05) is 53.5 Å². The Kier molecular flexibility index (Phi) is 5.63. The summed E-state index contributed by atoms with van der Waals surface area (Å²) in [5.74, 6) is 2.00. The fraction of sp³-hybridized carbons (Fsp3) is 0.192. The van der Waals surface area contributed by atoms with Crippen molar-refractivity contribution in [3.63, 3.8) is 0 Å². The van der Waals surface area contributed by atoms with Gasteiger partial charge >= 0.3 is 0 Å². The van der Waals surface area contributed by atoms with Crippen LogP contribution in [0.4, 0.5) is 5.69 Å². The zero-order valence-corrected chi connectivity index (χ0v) is 18.6. The Bertz CT molecular complexity index is 1270. The van der Waals surface area contributed by atoms with E-state index < -0.39 is 11.2 Å². The molecule has 0 spiro atoms. The molecule has 8 nitrogen and oxygen atoms in total. The first kappa shape index (κ1) is 21.5. The average Bonchev–Trinajstić information content (AvgIpc) is 3.32. The fourth-order valence-corrected chi connectivity index (χ4v) is 4.33. The van der Waals surface area contributed by atoms with Crippen LogP contribution in [0.3, 0.4) is 0 Å². The third kappa shape index (κ3) is 3.83. The highest BCUT2D eigenvalue weighted by Crippen LogP contribution is 2.50. The summed E-state index contributed by atoms with van der Waals surface area (Å²) in [7, 11) is 1.60. The van der Waals surface area contributed by atoms with Crippen LogP contribution < -0.4 is 14.2 Å². The van der Waals surface area contributed by atoms with Crippen LogP contribution in [0.15, 0.2) is 84.5 Å². The number of nitro groups is 1. The van der Waals surface area contributed by atoms with Gasteiger partial charge in [0.1, 0.15) is 12.4 Å². The molecule has 0 saturated carbocycles. The van der Waals surface area contributed by atoms with Crippen molar-refractivity contribution in [2.75, 3.05) is 13.7 Å². The number of methoxy groups -OCH3 is 1. The van der Waals surface area contributed by atoms with Gasteiger partial charge in [0.05, 0.1) is 23.8 Å². The van der Waals surface area contributed by atoms with E-state index in [2.05, 4.69) is 6.58 Å². The van der Waals surface area contributed by atoms with Crippen LogP contribution in [-0.4, -0.2) is 29.4 Å². The Labute approximate surface area is 196 Å². The van der Waals surface area contributed by atoms with Crippen LogP contribution >= 0.6 is 0 Å². The summed E-state index contributed by atoms with van der Waals surface area (Å²) < 4.78 is 17.5. The van der Waals surface area contributed by atoms with Crippen molar-refractivity contribution >= 4 is 11.4 Å². The Balaban J connectivity index is 1.55. The number of para-hydroxylation sites is 1. The van der Waals surface area contributed by atoms with E-state index >= 15 is 0 Å². The van der Waals surface area contributed by atoms with Crippen LogP contribution in [0.1, 0.15) is 35.4 Å². The monoisotopic (exact) mass is 457 g/mol. The molecule has 0 aliphatic carbocycles. The molecule has 0 aromatic heterocycles. The molecule has 2 unspecified atom stereocenters. The molecule has 3 aromatic carbocycles. The van der Waals surface area contributed by atoms with Crippen molar-refractivity contribution in [2.24, 2.45) is 5.10 Å². The van der Waals surface area contributed by atoms with Gasteiger partial charge in [-0.3, -0.25) is 10.1 Å². The minimum atomic E-state index is -0.638. The second kappa shape index (κ2) is 8.90. The van der Waals surface area contributed by atoms with Crippen molar-refractivity contribution in [3.05, 3.63) is 106 Å². The summed E-state index contributed by atoms with van der Waals surface area (Å²) in [5.41, 5.74) is 3.49. The lowest BCUT2D eigenvalue weighted by Crippen LogP contribution is -2.33. The van der Waals surface area contributed by atoms with Crippen molar-refractivity contribution < 1.29 is 19.1 Å². The second-order valence-electron chi connectivity index (χ2n) is 7.97. The van der Waals surface area contributed by atoms with E-state index in [0.717, 1.165) is 22.6 Å². The summed E-state index contributed by atoms with van der Waals surface area (Å²) in [6, 6.07) is 19.9. The van der Waals surface area contributed by atoms with Gasteiger partial charge in [-0.25, -0.2) is 5.01 Å². The Morgan fingerprint density at radius 1 is 1.21 bits per heavy atom. The number of hydrazone groups is 1. The lowest BCUT2D eigenvalue weighted by Gasteiger charge is -2.38. The van der Waals surface area contributed by atoms with Crippen LogP contribution in [0.5, 0.6) is 17.2 Å². The highest BCUT2D eigenvalue weighted by atomic mass is 16.6. The minimum absolute atomic E-state index is 0.00184. The molecule has 0 bridgehead atoms. The highest BCUT2D eigenvalue weighted by Gasteiger charge is 2.42. The SMILES string of the molecule is C=CCOc1ccc(C2=NN3C(C2)c2cccc(OC)c2OC3c2cccc([N+](=O)[O-])c2)cc1. The smallest absolute Gasteiger partial charge is 0.269 e. The van der Waals surface area contributed by atoms with Crippen molar-refractivity contribution in [3.8, 4) is 17.2 Å². The van der Waals surface area contributed by atoms with E-state index in [0.29, 0.717) is 30.1 Å². The molecule has 0 radical (unpaired) electrons. The fourth-order valence-electron chi connectivity index (χ4n) is 4.33. The Hall–Kier alpha value is -4.33. The van der Waals surface area contributed by atoms with Crippen LogP contribution in [0.2, 0.25) is 0 Å². The van der Waals surface area contributed by atoms with Gasteiger partial charge in [-0.05, 0) is 35.9 Å². The number of hydrogen-bond acceptors (Lipinski definition) is 7. The summed E-state index contributed by atoms with van der Waals surface area (Å²) >= 11 is 0. The number of non-ortho nitro benzene ring substituents is 1. The summed E-state index contributed by atoms with van der Waals surface area (Å²) in [6.45, 7) is 4.11. The van der Waals surface area contributed by atoms with Crippen molar-refractivity contribution in [1.82, 2.24) is 5.01 Å².